The van der Waals surface area contributed by atoms with Gasteiger partial charge in [0.15, 0.2) is 5.96 Å². The molecular weight excluding hydrogens is 362 g/mol. The molecule has 1 heterocycles. The number of benzene rings is 2. The highest BCUT2D eigenvalue weighted by Crippen LogP contribution is 2.14. The van der Waals surface area contributed by atoms with Crippen LogP contribution < -0.4 is 10.6 Å². The first kappa shape index (κ1) is 20.5. The molecule has 0 spiro atoms. The third-order valence-corrected chi connectivity index (χ3v) is 4.80. The first-order valence-electron chi connectivity index (χ1n) is 9.89. The highest BCUT2D eigenvalue weighted by atomic mass is 16.2. The van der Waals surface area contributed by atoms with Crippen molar-refractivity contribution >= 4 is 22.8 Å². The SMILES string of the molecule is CC(NC(=NCC(=O)N(C)C)NCCc1cc2ccccc2[nH]1)c1ccccc1. The molecule has 2 aromatic carbocycles. The summed E-state index contributed by atoms with van der Waals surface area (Å²) in [6.45, 7) is 2.89. The molecule has 3 rings (SSSR count). The quantitative estimate of drug-likeness (QED) is 0.428. The Balaban J connectivity index is 1.63. The Morgan fingerprint density at radius 1 is 1.10 bits per heavy atom. The summed E-state index contributed by atoms with van der Waals surface area (Å²) in [7, 11) is 3.47. The van der Waals surface area contributed by atoms with Gasteiger partial charge in [0, 0.05) is 38.3 Å². The molecule has 0 aliphatic heterocycles. The molecule has 3 aromatic rings. The molecule has 1 unspecified atom stereocenters. The number of nitrogens with zero attached hydrogens (tertiary/aromatic N) is 2. The van der Waals surface area contributed by atoms with Crippen LogP contribution in [0.15, 0.2) is 65.7 Å². The number of nitrogens with one attached hydrogen (secondary N) is 3. The van der Waals surface area contributed by atoms with Gasteiger partial charge in [0.2, 0.25) is 5.91 Å². The van der Waals surface area contributed by atoms with Crippen molar-refractivity contribution in [2.75, 3.05) is 27.2 Å². The fraction of sp³-hybridized carbons (Fsp3) is 0.304. The van der Waals surface area contributed by atoms with Gasteiger partial charge in [-0.3, -0.25) is 4.79 Å². The average molecular weight is 392 g/mol. The zero-order valence-corrected chi connectivity index (χ0v) is 17.3. The molecule has 0 bridgehead atoms. The second-order valence-electron chi connectivity index (χ2n) is 7.29. The smallest absolute Gasteiger partial charge is 0.243 e. The third kappa shape index (κ3) is 5.85. The summed E-state index contributed by atoms with van der Waals surface area (Å²) in [5, 5.41) is 7.97. The summed E-state index contributed by atoms with van der Waals surface area (Å²) >= 11 is 0. The summed E-state index contributed by atoms with van der Waals surface area (Å²) in [5.74, 6) is 0.599. The molecular formula is C23H29N5O. The second-order valence-corrected chi connectivity index (χ2v) is 7.29. The minimum absolute atomic E-state index is 0.0333. The van der Waals surface area contributed by atoms with Crippen LogP contribution in [0.2, 0.25) is 0 Å². The van der Waals surface area contributed by atoms with Crippen molar-refractivity contribution in [1.29, 1.82) is 0 Å². The third-order valence-electron chi connectivity index (χ3n) is 4.80. The zero-order chi connectivity index (χ0) is 20.6. The number of hydrogen-bond acceptors (Lipinski definition) is 2. The number of aromatic amines is 1. The number of fused-ring (bicyclic) bond motifs is 1. The molecule has 6 nitrogen and oxygen atoms in total. The molecule has 6 heteroatoms. The van der Waals surface area contributed by atoms with Gasteiger partial charge < -0.3 is 20.5 Å². The molecule has 1 atom stereocenters. The molecule has 3 N–H and O–H groups in total. The lowest BCUT2D eigenvalue weighted by Gasteiger charge is -2.19. The van der Waals surface area contributed by atoms with Crippen molar-refractivity contribution in [3.05, 3.63) is 71.9 Å². The molecule has 0 saturated carbocycles. The molecule has 0 aliphatic carbocycles. The number of likely N-dealkylation sites (N-methyl/N-ethyl adjacent to an activating group) is 1. The van der Waals surface area contributed by atoms with E-state index in [0.29, 0.717) is 12.5 Å². The molecule has 1 aromatic heterocycles. The van der Waals surface area contributed by atoms with Crippen molar-refractivity contribution in [2.24, 2.45) is 4.99 Å². The lowest BCUT2D eigenvalue weighted by Crippen LogP contribution is -2.40. The van der Waals surface area contributed by atoms with E-state index in [9.17, 15) is 4.79 Å². The normalized spacial score (nSPS) is 12.6. The van der Waals surface area contributed by atoms with Gasteiger partial charge in [-0.05, 0) is 30.0 Å². The number of para-hydroxylation sites is 1. The second kappa shape index (κ2) is 9.78. The van der Waals surface area contributed by atoms with E-state index >= 15 is 0 Å². The number of amides is 1. The van der Waals surface area contributed by atoms with Crippen LogP contribution in [-0.4, -0.2) is 48.9 Å². The Kier molecular flexibility index (Phi) is 6.89. The summed E-state index contributed by atoms with van der Waals surface area (Å²) in [5.41, 5.74) is 3.47. The van der Waals surface area contributed by atoms with Crippen molar-refractivity contribution < 1.29 is 4.79 Å². The number of guanidine groups is 1. The summed E-state index contributed by atoms with van der Waals surface area (Å²) < 4.78 is 0. The lowest BCUT2D eigenvalue weighted by atomic mass is 10.1. The molecule has 1 amide bonds. The summed E-state index contributed by atoms with van der Waals surface area (Å²) in [6, 6.07) is 20.7. The Labute approximate surface area is 172 Å². The molecule has 0 fully saturated rings. The fourth-order valence-electron chi connectivity index (χ4n) is 3.05. The van der Waals surface area contributed by atoms with Crippen molar-refractivity contribution in [2.45, 2.75) is 19.4 Å². The Morgan fingerprint density at radius 2 is 1.83 bits per heavy atom. The van der Waals surface area contributed by atoms with Crippen LogP contribution in [0, 0.1) is 0 Å². The predicted octanol–water partition coefficient (Wildman–Crippen LogP) is 3.10. The Bertz CT molecular complexity index is 929. The molecule has 0 saturated heterocycles. The Morgan fingerprint density at radius 3 is 2.55 bits per heavy atom. The van der Waals surface area contributed by atoms with E-state index in [1.54, 1.807) is 19.0 Å². The van der Waals surface area contributed by atoms with Gasteiger partial charge in [-0.25, -0.2) is 4.99 Å². The number of carbonyl (C=O) groups excluding carboxylic acids is 1. The molecule has 0 aliphatic rings. The minimum atomic E-state index is -0.0333. The number of hydrogen-bond donors (Lipinski definition) is 3. The largest absolute Gasteiger partial charge is 0.358 e. The van der Waals surface area contributed by atoms with Crippen LogP contribution in [0.5, 0.6) is 0 Å². The first-order chi connectivity index (χ1) is 14.0. The molecule has 152 valence electrons. The number of carbonyl (C=O) groups is 1. The van der Waals surface area contributed by atoms with E-state index < -0.39 is 0 Å². The maximum atomic E-state index is 12.0. The number of H-pyrrole nitrogens is 1. The highest BCUT2D eigenvalue weighted by molar-refractivity contribution is 5.85. The van der Waals surface area contributed by atoms with Gasteiger partial charge in [0.05, 0.1) is 6.04 Å². The molecule has 29 heavy (non-hydrogen) atoms. The van der Waals surface area contributed by atoms with Crippen LogP contribution in [-0.2, 0) is 11.2 Å². The van der Waals surface area contributed by atoms with E-state index in [0.717, 1.165) is 17.5 Å². The van der Waals surface area contributed by atoms with E-state index in [1.165, 1.54) is 11.1 Å². The average Bonchev–Trinajstić information content (AvgIpc) is 3.14. The topological polar surface area (TPSA) is 72.5 Å². The number of aliphatic imine (C=N–C) groups is 1. The van der Waals surface area contributed by atoms with Crippen molar-refractivity contribution in [3.8, 4) is 0 Å². The predicted molar refractivity (Wildman–Crippen MR) is 119 cm³/mol. The van der Waals surface area contributed by atoms with Crippen molar-refractivity contribution in [1.82, 2.24) is 20.5 Å². The van der Waals surface area contributed by atoms with Gasteiger partial charge in [0.1, 0.15) is 6.54 Å². The zero-order valence-electron chi connectivity index (χ0n) is 17.3. The van der Waals surface area contributed by atoms with Crippen molar-refractivity contribution in [3.63, 3.8) is 0 Å². The standard InChI is InChI=1S/C23H29N5O/c1-17(18-9-5-4-6-10-18)26-23(25-16-22(29)28(2)3)24-14-13-20-15-19-11-7-8-12-21(19)27-20/h4-12,15,17,27H,13-14,16H2,1-3H3,(H2,24,25,26). The van der Waals surface area contributed by atoms with E-state index in [-0.39, 0.29) is 18.5 Å². The first-order valence-corrected chi connectivity index (χ1v) is 9.89. The van der Waals surface area contributed by atoms with Crippen LogP contribution in [0.4, 0.5) is 0 Å². The van der Waals surface area contributed by atoms with Crippen LogP contribution in [0.25, 0.3) is 10.9 Å². The number of aromatic nitrogens is 1. The monoisotopic (exact) mass is 391 g/mol. The molecule has 0 radical (unpaired) electrons. The van der Waals surface area contributed by atoms with E-state index in [4.69, 9.17) is 0 Å². The van der Waals surface area contributed by atoms with Gasteiger partial charge in [-0.15, -0.1) is 0 Å². The number of rotatable bonds is 7. The van der Waals surface area contributed by atoms with E-state index in [2.05, 4.69) is 57.9 Å². The van der Waals surface area contributed by atoms with Crippen LogP contribution in [0.1, 0.15) is 24.2 Å². The Hall–Kier alpha value is -3.28. The van der Waals surface area contributed by atoms with E-state index in [1.807, 2.05) is 30.3 Å². The summed E-state index contributed by atoms with van der Waals surface area (Å²) in [4.78, 5) is 21.4. The minimum Gasteiger partial charge on any atom is -0.358 e. The fourth-order valence-corrected chi connectivity index (χ4v) is 3.05. The summed E-state index contributed by atoms with van der Waals surface area (Å²) in [6.07, 6.45) is 0.830. The van der Waals surface area contributed by atoms with Gasteiger partial charge in [-0.1, -0.05) is 48.5 Å². The maximum Gasteiger partial charge on any atom is 0.243 e. The highest BCUT2D eigenvalue weighted by Gasteiger charge is 2.10. The van der Waals surface area contributed by atoms with Gasteiger partial charge in [0.25, 0.3) is 0 Å². The van der Waals surface area contributed by atoms with Crippen LogP contribution >= 0.6 is 0 Å². The lowest BCUT2D eigenvalue weighted by molar-refractivity contribution is -0.127. The van der Waals surface area contributed by atoms with Gasteiger partial charge in [-0.2, -0.15) is 0 Å². The maximum absolute atomic E-state index is 12.0. The van der Waals surface area contributed by atoms with Crippen LogP contribution in [0.3, 0.4) is 0 Å². The van der Waals surface area contributed by atoms with Gasteiger partial charge >= 0.3 is 0 Å².